The van der Waals surface area contributed by atoms with Crippen LogP contribution in [-0.4, -0.2) is 38.5 Å². The van der Waals surface area contributed by atoms with Crippen molar-refractivity contribution in [3.8, 4) is 11.5 Å². The number of hydrogen-bond donors (Lipinski definition) is 0. The highest BCUT2D eigenvalue weighted by atomic mass is 16.5. The molecule has 146 valence electrons. The van der Waals surface area contributed by atoms with Crippen molar-refractivity contribution in [1.82, 2.24) is 0 Å². The second kappa shape index (κ2) is 9.31. The van der Waals surface area contributed by atoms with Crippen LogP contribution in [-0.2, 0) is 16.0 Å². The zero-order chi connectivity index (χ0) is 19.9. The molecule has 28 heavy (non-hydrogen) atoms. The number of aliphatic imine (C=N–C) groups is 1. The molecular formula is C23H25NO4. The van der Waals surface area contributed by atoms with E-state index >= 15 is 0 Å². The van der Waals surface area contributed by atoms with Gasteiger partial charge >= 0.3 is 0 Å². The Hall–Kier alpha value is -2.95. The monoisotopic (exact) mass is 379 g/mol. The lowest BCUT2D eigenvalue weighted by atomic mass is 9.77. The van der Waals surface area contributed by atoms with Crippen LogP contribution in [0.4, 0.5) is 0 Å². The Morgan fingerprint density at radius 3 is 1.96 bits per heavy atom. The van der Waals surface area contributed by atoms with Crippen LogP contribution in [0, 0.1) is 5.92 Å². The van der Waals surface area contributed by atoms with Crippen LogP contribution >= 0.6 is 0 Å². The van der Waals surface area contributed by atoms with Gasteiger partial charge in [-0.25, -0.2) is 0 Å². The molecule has 0 spiro atoms. The molecule has 0 aliphatic heterocycles. The molecule has 0 saturated heterocycles. The van der Waals surface area contributed by atoms with Crippen LogP contribution in [0.1, 0.15) is 29.9 Å². The zero-order valence-electron chi connectivity index (χ0n) is 16.3. The lowest BCUT2D eigenvalue weighted by Gasteiger charge is -2.24. The van der Waals surface area contributed by atoms with Gasteiger partial charge in [0.1, 0.15) is 29.0 Å². The summed E-state index contributed by atoms with van der Waals surface area (Å²) in [7, 11) is 3.25. The van der Waals surface area contributed by atoms with Gasteiger partial charge in [-0.2, -0.15) is 0 Å². The highest BCUT2D eigenvalue weighted by Crippen LogP contribution is 2.32. The van der Waals surface area contributed by atoms with Crippen LogP contribution < -0.4 is 9.47 Å². The summed E-state index contributed by atoms with van der Waals surface area (Å²) in [5.41, 5.74) is 2.14. The van der Waals surface area contributed by atoms with E-state index in [2.05, 4.69) is 4.99 Å². The largest absolute Gasteiger partial charge is 0.497 e. The van der Waals surface area contributed by atoms with Crippen molar-refractivity contribution >= 4 is 17.8 Å². The maximum Gasteiger partial charge on any atom is 0.149 e. The third-order valence-electron chi connectivity index (χ3n) is 5.12. The molecule has 3 rings (SSSR count). The minimum atomic E-state index is -0.703. The third kappa shape index (κ3) is 4.85. The van der Waals surface area contributed by atoms with Gasteiger partial charge in [-0.3, -0.25) is 14.6 Å². The van der Waals surface area contributed by atoms with Gasteiger partial charge in [0, 0.05) is 25.6 Å². The van der Waals surface area contributed by atoms with Crippen LogP contribution in [0.2, 0.25) is 0 Å². The van der Waals surface area contributed by atoms with E-state index in [1.165, 1.54) is 0 Å². The number of benzene rings is 2. The Morgan fingerprint density at radius 2 is 1.43 bits per heavy atom. The minimum Gasteiger partial charge on any atom is -0.497 e. The average Bonchev–Trinajstić information content (AvgIpc) is 2.73. The second-order valence-corrected chi connectivity index (χ2v) is 6.94. The maximum absolute atomic E-state index is 12.5. The number of rotatable bonds is 7. The van der Waals surface area contributed by atoms with Crippen molar-refractivity contribution in [2.75, 3.05) is 20.8 Å². The van der Waals surface area contributed by atoms with Crippen molar-refractivity contribution in [2.24, 2.45) is 10.9 Å². The normalized spacial score (nSPS) is 19.8. The van der Waals surface area contributed by atoms with Gasteiger partial charge < -0.3 is 9.47 Å². The predicted octanol–water partition coefficient (Wildman–Crippen LogP) is 3.65. The summed E-state index contributed by atoms with van der Waals surface area (Å²) in [5.74, 6) is 0.715. The van der Waals surface area contributed by atoms with Crippen LogP contribution in [0.5, 0.6) is 11.5 Å². The number of carbonyl (C=O) groups excluding carboxylic acids is 2. The molecule has 0 aromatic heterocycles. The molecule has 1 aliphatic rings. The van der Waals surface area contributed by atoms with Gasteiger partial charge in [-0.15, -0.1) is 0 Å². The molecule has 2 aromatic carbocycles. The molecule has 2 aromatic rings. The standard InChI is InChI=1S/C23H25NO4/c1-27-19-7-3-16(4-8-19)11-12-24-15-21-22(25)13-18(14-23(21)26)17-5-9-20(28-2)10-6-17/h3-10,15,18,21H,11-14H2,1-2H3. The van der Waals surface area contributed by atoms with Crippen molar-refractivity contribution < 1.29 is 19.1 Å². The van der Waals surface area contributed by atoms with Crippen molar-refractivity contribution in [3.05, 3.63) is 59.7 Å². The van der Waals surface area contributed by atoms with Gasteiger partial charge in [-0.05, 0) is 47.7 Å². The molecule has 1 fully saturated rings. The lowest BCUT2D eigenvalue weighted by Crippen LogP contribution is -2.33. The second-order valence-electron chi connectivity index (χ2n) is 6.94. The Bertz CT molecular complexity index is 822. The summed E-state index contributed by atoms with van der Waals surface area (Å²) in [5, 5.41) is 0. The topological polar surface area (TPSA) is 65.0 Å². The molecule has 5 heteroatoms. The Labute approximate surface area is 165 Å². The quantitative estimate of drug-likeness (QED) is 0.544. The molecule has 0 atom stereocenters. The lowest BCUT2D eigenvalue weighted by molar-refractivity contribution is -0.133. The molecule has 0 radical (unpaired) electrons. The SMILES string of the molecule is COc1ccc(CCN=CC2C(=O)CC(c3ccc(OC)cc3)CC2=O)cc1. The molecule has 1 saturated carbocycles. The van der Waals surface area contributed by atoms with Gasteiger partial charge in [0.2, 0.25) is 0 Å². The van der Waals surface area contributed by atoms with Gasteiger partial charge in [0.05, 0.1) is 14.2 Å². The first kappa shape index (κ1) is 19.8. The van der Waals surface area contributed by atoms with E-state index in [0.717, 1.165) is 29.0 Å². The number of carbonyl (C=O) groups is 2. The van der Waals surface area contributed by atoms with E-state index in [1.54, 1.807) is 20.4 Å². The van der Waals surface area contributed by atoms with E-state index in [4.69, 9.17) is 9.47 Å². The number of methoxy groups -OCH3 is 2. The molecule has 5 nitrogen and oxygen atoms in total. The molecule has 1 aliphatic carbocycles. The number of nitrogens with zero attached hydrogens (tertiary/aromatic N) is 1. The Morgan fingerprint density at radius 1 is 0.893 bits per heavy atom. The fraction of sp³-hybridized carbons (Fsp3) is 0.348. The minimum absolute atomic E-state index is 0.0507. The number of ether oxygens (including phenoxy) is 2. The molecule has 0 heterocycles. The highest BCUT2D eigenvalue weighted by Gasteiger charge is 2.34. The first-order valence-electron chi connectivity index (χ1n) is 9.43. The van der Waals surface area contributed by atoms with Crippen LogP contribution in [0.3, 0.4) is 0 Å². The molecule has 0 bridgehead atoms. The fourth-order valence-electron chi connectivity index (χ4n) is 3.44. The molecule has 0 unspecified atom stereocenters. The summed E-state index contributed by atoms with van der Waals surface area (Å²) in [4.78, 5) is 29.3. The summed E-state index contributed by atoms with van der Waals surface area (Å²) in [6.45, 7) is 0.547. The number of ketones is 2. The van der Waals surface area contributed by atoms with E-state index in [1.807, 2.05) is 48.5 Å². The Kier molecular flexibility index (Phi) is 6.58. The van der Waals surface area contributed by atoms with Gasteiger partial charge in [-0.1, -0.05) is 24.3 Å². The molecule has 0 N–H and O–H groups in total. The van der Waals surface area contributed by atoms with E-state index < -0.39 is 5.92 Å². The van der Waals surface area contributed by atoms with E-state index in [0.29, 0.717) is 19.4 Å². The zero-order valence-corrected chi connectivity index (χ0v) is 16.3. The van der Waals surface area contributed by atoms with Crippen LogP contribution in [0.25, 0.3) is 0 Å². The van der Waals surface area contributed by atoms with Gasteiger partial charge in [0.15, 0.2) is 0 Å². The van der Waals surface area contributed by atoms with E-state index in [-0.39, 0.29) is 17.5 Å². The third-order valence-corrected chi connectivity index (χ3v) is 5.12. The van der Waals surface area contributed by atoms with Crippen molar-refractivity contribution in [3.63, 3.8) is 0 Å². The summed E-state index contributed by atoms with van der Waals surface area (Å²) in [6, 6.07) is 15.4. The Balaban J connectivity index is 1.54. The summed E-state index contributed by atoms with van der Waals surface area (Å²) < 4.78 is 10.3. The van der Waals surface area contributed by atoms with Crippen molar-refractivity contribution in [2.45, 2.75) is 25.2 Å². The first-order valence-corrected chi connectivity index (χ1v) is 9.43. The summed E-state index contributed by atoms with van der Waals surface area (Å²) in [6.07, 6.45) is 3.03. The highest BCUT2D eigenvalue weighted by molar-refractivity contribution is 6.16. The van der Waals surface area contributed by atoms with Crippen LogP contribution in [0.15, 0.2) is 53.5 Å². The molecular weight excluding hydrogens is 354 g/mol. The number of hydrogen-bond acceptors (Lipinski definition) is 5. The smallest absolute Gasteiger partial charge is 0.149 e. The first-order chi connectivity index (χ1) is 13.6. The maximum atomic E-state index is 12.5. The fourth-order valence-corrected chi connectivity index (χ4v) is 3.44. The summed E-state index contributed by atoms with van der Waals surface area (Å²) >= 11 is 0. The molecule has 0 amide bonds. The van der Waals surface area contributed by atoms with E-state index in [9.17, 15) is 9.59 Å². The number of Topliss-reactive ketones (excluding diaryl/α,β-unsaturated/α-hetero) is 2. The average molecular weight is 379 g/mol. The predicted molar refractivity (Wildman–Crippen MR) is 109 cm³/mol. The van der Waals surface area contributed by atoms with Gasteiger partial charge in [0.25, 0.3) is 0 Å². The van der Waals surface area contributed by atoms with Crippen molar-refractivity contribution in [1.29, 1.82) is 0 Å².